The number of fused-ring (bicyclic) bond motifs is 2. The minimum absolute atomic E-state index is 0.0893. The van der Waals surface area contributed by atoms with Crippen molar-refractivity contribution in [3.05, 3.63) is 57.8 Å². The fourth-order valence-corrected chi connectivity index (χ4v) is 2.61. The number of likely N-dealkylation sites (N-methyl/N-ethyl adjacent to an activating group) is 1. The van der Waals surface area contributed by atoms with Crippen LogP contribution in [0.3, 0.4) is 0 Å². The standard InChI is InChI=1S/C15H15N3O2/c1-3-9-13-10(5-4-8-16-13)15(20)18(2)11-6-7-12(19)17-14(9)11/h4-8,16H,3H2,1-2H3,(H,17,19). The van der Waals surface area contributed by atoms with Gasteiger partial charge in [-0.05, 0) is 24.6 Å². The monoisotopic (exact) mass is 269 g/mol. The summed E-state index contributed by atoms with van der Waals surface area (Å²) in [5, 5.41) is 3.13. The average Bonchev–Trinajstić information content (AvgIpc) is 2.55. The topological polar surface area (TPSA) is 65.2 Å². The lowest BCUT2D eigenvalue weighted by Crippen LogP contribution is -2.30. The Bertz CT molecular complexity index is 738. The van der Waals surface area contributed by atoms with Gasteiger partial charge >= 0.3 is 0 Å². The van der Waals surface area contributed by atoms with Crippen LogP contribution in [-0.4, -0.2) is 17.9 Å². The predicted octanol–water partition coefficient (Wildman–Crippen LogP) is 1.52. The summed E-state index contributed by atoms with van der Waals surface area (Å²) in [6.45, 7) is 2.00. The van der Waals surface area contributed by atoms with Crippen LogP contribution in [0.5, 0.6) is 0 Å². The molecule has 0 saturated carbocycles. The van der Waals surface area contributed by atoms with E-state index in [9.17, 15) is 9.59 Å². The molecule has 5 nitrogen and oxygen atoms in total. The molecule has 1 amide bonds. The average molecular weight is 269 g/mol. The molecule has 0 atom stereocenters. The van der Waals surface area contributed by atoms with Crippen molar-refractivity contribution in [3.8, 4) is 0 Å². The highest BCUT2D eigenvalue weighted by Crippen LogP contribution is 2.35. The van der Waals surface area contributed by atoms with E-state index in [4.69, 9.17) is 0 Å². The van der Waals surface area contributed by atoms with Gasteiger partial charge < -0.3 is 15.2 Å². The van der Waals surface area contributed by atoms with Gasteiger partial charge in [0.05, 0.1) is 22.7 Å². The molecular formula is C15H15N3O2. The SMILES string of the molecule is CCC1=C2NC=CC=C2C(=O)N(C)c2ccc(=O)[nH]c21. The second kappa shape index (κ2) is 4.52. The lowest BCUT2D eigenvalue weighted by atomic mass is 10.0. The number of carbonyl (C=O) groups is 1. The molecule has 5 heteroatoms. The van der Waals surface area contributed by atoms with Gasteiger partial charge in [0.1, 0.15) is 0 Å². The van der Waals surface area contributed by atoms with Crippen LogP contribution in [0, 0.1) is 0 Å². The number of H-pyrrole nitrogens is 1. The molecule has 1 aromatic rings. The zero-order chi connectivity index (χ0) is 14.3. The number of allylic oxidation sites excluding steroid dienone is 3. The minimum atomic E-state index is -0.171. The third-order valence-electron chi connectivity index (χ3n) is 3.61. The number of carbonyl (C=O) groups excluding carboxylic acids is 1. The van der Waals surface area contributed by atoms with Crippen LogP contribution in [0.2, 0.25) is 0 Å². The van der Waals surface area contributed by atoms with E-state index in [1.165, 1.54) is 6.07 Å². The van der Waals surface area contributed by atoms with E-state index >= 15 is 0 Å². The summed E-state index contributed by atoms with van der Waals surface area (Å²) in [6, 6.07) is 3.13. The molecule has 2 N–H and O–H groups in total. The second-order valence-electron chi connectivity index (χ2n) is 4.74. The van der Waals surface area contributed by atoms with Gasteiger partial charge in [0.15, 0.2) is 0 Å². The third kappa shape index (κ3) is 1.71. The van der Waals surface area contributed by atoms with Crippen LogP contribution in [0.4, 0.5) is 5.69 Å². The maximum Gasteiger partial charge on any atom is 0.260 e. The molecule has 0 bridgehead atoms. The molecule has 0 aliphatic carbocycles. The molecule has 102 valence electrons. The van der Waals surface area contributed by atoms with Gasteiger partial charge in [0, 0.05) is 24.9 Å². The highest BCUT2D eigenvalue weighted by atomic mass is 16.2. The number of aromatic amines is 1. The first-order valence-electron chi connectivity index (χ1n) is 6.52. The lowest BCUT2D eigenvalue weighted by molar-refractivity contribution is -0.114. The number of rotatable bonds is 1. The van der Waals surface area contributed by atoms with Gasteiger partial charge in [-0.1, -0.05) is 6.92 Å². The molecule has 1 aromatic heterocycles. The zero-order valence-electron chi connectivity index (χ0n) is 11.4. The molecule has 0 saturated heterocycles. The highest BCUT2D eigenvalue weighted by molar-refractivity contribution is 6.13. The Morgan fingerprint density at radius 3 is 2.80 bits per heavy atom. The first kappa shape index (κ1) is 12.5. The molecule has 2 aliphatic heterocycles. The van der Waals surface area contributed by atoms with Gasteiger partial charge in [0.2, 0.25) is 5.56 Å². The second-order valence-corrected chi connectivity index (χ2v) is 4.74. The molecule has 0 aromatic carbocycles. The Balaban J connectivity index is 2.37. The molecule has 0 radical (unpaired) electrons. The number of dihydropyridines is 1. The van der Waals surface area contributed by atoms with Gasteiger partial charge in [-0.15, -0.1) is 0 Å². The summed E-state index contributed by atoms with van der Waals surface area (Å²) >= 11 is 0. The molecule has 2 aliphatic rings. The maximum absolute atomic E-state index is 12.5. The number of pyridine rings is 1. The van der Waals surface area contributed by atoms with E-state index in [2.05, 4.69) is 10.3 Å². The highest BCUT2D eigenvalue weighted by Gasteiger charge is 2.29. The molecule has 3 rings (SSSR count). The zero-order valence-corrected chi connectivity index (χ0v) is 11.4. The van der Waals surface area contributed by atoms with Crippen molar-refractivity contribution in [1.29, 1.82) is 0 Å². The van der Waals surface area contributed by atoms with Crippen molar-refractivity contribution in [1.82, 2.24) is 10.3 Å². The molecule has 0 spiro atoms. The van der Waals surface area contributed by atoms with Crippen molar-refractivity contribution < 1.29 is 4.79 Å². The van der Waals surface area contributed by atoms with Gasteiger partial charge in [-0.25, -0.2) is 0 Å². The van der Waals surface area contributed by atoms with E-state index < -0.39 is 0 Å². The van der Waals surface area contributed by atoms with Crippen molar-refractivity contribution in [3.63, 3.8) is 0 Å². The van der Waals surface area contributed by atoms with Gasteiger partial charge in [0.25, 0.3) is 5.91 Å². The minimum Gasteiger partial charge on any atom is -0.361 e. The summed E-state index contributed by atoms with van der Waals surface area (Å²) in [7, 11) is 1.72. The lowest BCUT2D eigenvalue weighted by Gasteiger charge is -2.19. The number of nitrogens with zero attached hydrogens (tertiary/aromatic N) is 1. The van der Waals surface area contributed by atoms with Crippen LogP contribution in [-0.2, 0) is 4.79 Å². The third-order valence-corrected chi connectivity index (χ3v) is 3.61. The maximum atomic E-state index is 12.5. The summed E-state index contributed by atoms with van der Waals surface area (Å²) in [5.41, 5.74) is 3.57. The van der Waals surface area contributed by atoms with Crippen molar-refractivity contribution in [2.24, 2.45) is 0 Å². The van der Waals surface area contributed by atoms with E-state index in [1.54, 1.807) is 36.4 Å². The molecule has 20 heavy (non-hydrogen) atoms. The van der Waals surface area contributed by atoms with E-state index in [0.29, 0.717) is 17.7 Å². The quantitative estimate of drug-likeness (QED) is 0.812. The molecule has 3 heterocycles. The fourth-order valence-electron chi connectivity index (χ4n) is 2.61. The summed E-state index contributed by atoms with van der Waals surface area (Å²) in [4.78, 5) is 28.6. The summed E-state index contributed by atoms with van der Waals surface area (Å²) in [5.74, 6) is -0.0893. The van der Waals surface area contributed by atoms with E-state index in [0.717, 1.165) is 17.0 Å². The predicted molar refractivity (Wildman–Crippen MR) is 78.0 cm³/mol. The van der Waals surface area contributed by atoms with E-state index in [-0.39, 0.29) is 11.5 Å². The van der Waals surface area contributed by atoms with Gasteiger partial charge in [-0.3, -0.25) is 9.59 Å². The Labute approximate surface area is 116 Å². The summed E-state index contributed by atoms with van der Waals surface area (Å²) in [6.07, 6.45) is 6.09. The van der Waals surface area contributed by atoms with E-state index in [1.807, 2.05) is 6.92 Å². The van der Waals surface area contributed by atoms with Crippen molar-refractivity contribution >= 4 is 17.2 Å². The number of amides is 1. The number of nitrogens with one attached hydrogen (secondary N) is 2. The molecule has 0 fully saturated rings. The first-order valence-corrected chi connectivity index (χ1v) is 6.52. The fraction of sp³-hybridized carbons (Fsp3) is 0.200. The normalized spacial score (nSPS) is 17.2. The van der Waals surface area contributed by atoms with Crippen molar-refractivity contribution in [2.45, 2.75) is 13.3 Å². The van der Waals surface area contributed by atoms with Crippen LogP contribution in [0.25, 0.3) is 5.57 Å². The number of hydrogen-bond donors (Lipinski definition) is 2. The van der Waals surface area contributed by atoms with Crippen molar-refractivity contribution in [2.75, 3.05) is 11.9 Å². The number of anilines is 1. The molecular weight excluding hydrogens is 254 g/mol. The van der Waals surface area contributed by atoms with Crippen LogP contribution in [0.15, 0.2) is 46.5 Å². The van der Waals surface area contributed by atoms with Crippen LogP contribution in [0.1, 0.15) is 19.0 Å². The molecule has 0 unspecified atom stereocenters. The first-order chi connectivity index (χ1) is 9.63. The largest absolute Gasteiger partial charge is 0.361 e. The Morgan fingerprint density at radius 1 is 1.25 bits per heavy atom. The van der Waals surface area contributed by atoms with Crippen LogP contribution >= 0.6 is 0 Å². The smallest absolute Gasteiger partial charge is 0.260 e. The Kier molecular flexibility index (Phi) is 2.82. The van der Waals surface area contributed by atoms with Gasteiger partial charge in [-0.2, -0.15) is 0 Å². The number of aromatic nitrogens is 1. The Hall–Kier alpha value is -2.56. The Morgan fingerprint density at radius 2 is 2.05 bits per heavy atom. The van der Waals surface area contributed by atoms with Crippen LogP contribution < -0.4 is 15.8 Å². The number of hydrogen-bond acceptors (Lipinski definition) is 3. The summed E-state index contributed by atoms with van der Waals surface area (Å²) < 4.78 is 0.